The van der Waals surface area contributed by atoms with E-state index in [9.17, 15) is 4.79 Å². The van der Waals surface area contributed by atoms with Crippen molar-refractivity contribution in [1.29, 1.82) is 0 Å². The van der Waals surface area contributed by atoms with Gasteiger partial charge in [-0.3, -0.25) is 14.8 Å². The van der Waals surface area contributed by atoms with Gasteiger partial charge in [-0.05, 0) is 42.8 Å². The molecular formula is C29H31N7O2. The number of hydrogen-bond acceptors (Lipinski definition) is 7. The van der Waals surface area contributed by atoms with E-state index >= 15 is 0 Å². The smallest absolute Gasteiger partial charge is 0.238 e. The number of benzene rings is 2. The molecule has 0 aliphatic carbocycles. The van der Waals surface area contributed by atoms with Crippen LogP contribution in [0.2, 0.25) is 0 Å². The van der Waals surface area contributed by atoms with Gasteiger partial charge in [0.25, 0.3) is 0 Å². The van der Waals surface area contributed by atoms with Crippen LogP contribution in [0.3, 0.4) is 0 Å². The van der Waals surface area contributed by atoms with Crippen LogP contribution in [-0.4, -0.2) is 63.8 Å². The third-order valence-electron chi connectivity index (χ3n) is 6.27. The summed E-state index contributed by atoms with van der Waals surface area (Å²) in [5.74, 6) is 1.13. The molecule has 0 unspecified atom stereocenters. The molecule has 1 fully saturated rings. The van der Waals surface area contributed by atoms with Gasteiger partial charge in [-0.25, -0.2) is 9.97 Å². The Balaban J connectivity index is 1.45. The molecule has 0 radical (unpaired) electrons. The van der Waals surface area contributed by atoms with E-state index in [4.69, 9.17) is 14.7 Å². The predicted octanol–water partition coefficient (Wildman–Crippen LogP) is 5.10. The highest BCUT2D eigenvalue weighted by Gasteiger charge is 2.16. The molecule has 5 rings (SSSR count). The summed E-state index contributed by atoms with van der Waals surface area (Å²) in [5, 5.41) is 14.5. The number of anilines is 3. The highest BCUT2D eigenvalue weighted by Crippen LogP contribution is 2.29. The van der Waals surface area contributed by atoms with E-state index < -0.39 is 0 Å². The third kappa shape index (κ3) is 5.96. The van der Waals surface area contributed by atoms with Gasteiger partial charge in [0, 0.05) is 41.0 Å². The fourth-order valence-electron chi connectivity index (χ4n) is 4.33. The molecule has 38 heavy (non-hydrogen) atoms. The van der Waals surface area contributed by atoms with E-state index in [2.05, 4.69) is 45.3 Å². The van der Waals surface area contributed by atoms with E-state index in [0.717, 1.165) is 52.9 Å². The second kappa shape index (κ2) is 11.8. The molecule has 3 heterocycles. The average Bonchev–Trinajstić information content (AvgIpc) is 3.40. The quantitative estimate of drug-likeness (QED) is 0.288. The van der Waals surface area contributed by atoms with Crippen molar-refractivity contribution >= 4 is 46.2 Å². The van der Waals surface area contributed by atoms with Crippen molar-refractivity contribution in [3.63, 3.8) is 0 Å². The van der Waals surface area contributed by atoms with Gasteiger partial charge >= 0.3 is 0 Å². The molecule has 0 atom stereocenters. The summed E-state index contributed by atoms with van der Waals surface area (Å²) in [4.78, 5) is 24.5. The van der Waals surface area contributed by atoms with Crippen LogP contribution in [0.15, 0.2) is 61.3 Å². The molecule has 194 valence electrons. The van der Waals surface area contributed by atoms with Crippen molar-refractivity contribution in [1.82, 2.24) is 25.1 Å². The Kier molecular flexibility index (Phi) is 7.86. The first-order chi connectivity index (χ1) is 18.6. The Morgan fingerprint density at radius 2 is 2.03 bits per heavy atom. The maximum Gasteiger partial charge on any atom is 0.238 e. The van der Waals surface area contributed by atoms with Crippen LogP contribution in [0.1, 0.15) is 24.6 Å². The number of allylic oxidation sites excluding steroid dienone is 1. The number of carbonyl (C=O) groups excluding carboxylic acids is 1. The monoisotopic (exact) mass is 509 g/mol. The van der Waals surface area contributed by atoms with E-state index in [-0.39, 0.29) is 5.91 Å². The van der Waals surface area contributed by atoms with E-state index in [1.807, 2.05) is 48.5 Å². The Bertz CT molecular complexity index is 1470. The summed E-state index contributed by atoms with van der Waals surface area (Å²) in [5.41, 5.74) is 4.90. The molecule has 0 saturated carbocycles. The van der Waals surface area contributed by atoms with Crippen LogP contribution >= 0.6 is 0 Å². The first-order valence-electron chi connectivity index (χ1n) is 12.7. The van der Waals surface area contributed by atoms with Gasteiger partial charge in [-0.15, -0.1) is 0 Å². The maximum atomic E-state index is 12.7. The molecule has 1 amide bonds. The Morgan fingerprint density at radius 3 is 2.84 bits per heavy atom. The molecule has 1 aliphatic rings. The van der Waals surface area contributed by atoms with Crippen molar-refractivity contribution in [3.05, 3.63) is 72.6 Å². The lowest BCUT2D eigenvalue weighted by atomic mass is 10.1. The lowest BCUT2D eigenvalue weighted by molar-refractivity contribution is -0.118. The summed E-state index contributed by atoms with van der Waals surface area (Å²) in [6.45, 7) is 9.25. The third-order valence-corrected chi connectivity index (χ3v) is 6.27. The molecular weight excluding hydrogens is 478 g/mol. The number of morpholine rings is 1. The normalized spacial score (nSPS) is 14.1. The minimum atomic E-state index is -0.0597. The van der Waals surface area contributed by atoms with E-state index in [1.165, 1.54) is 0 Å². The lowest BCUT2D eigenvalue weighted by Crippen LogP contribution is -2.41. The van der Waals surface area contributed by atoms with Crippen molar-refractivity contribution in [2.45, 2.75) is 13.3 Å². The van der Waals surface area contributed by atoms with Gasteiger partial charge in [-0.2, -0.15) is 5.10 Å². The van der Waals surface area contributed by atoms with Crippen LogP contribution in [0.25, 0.3) is 34.4 Å². The number of amides is 1. The minimum absolute atomic E-state index is 0.0597. The fourth-order valence-corrected chi connectivity index (χ4v) is 4.33. The number of rotatable bonds is 9. The average molecular weight is 510 g/mol. The zero-order valence-corrected chi connectivity index (χ0v) is 21.4. The molecule has 9 heteroatoms. The summed E-state index contributed by atoms with van der Waals surface area (Å²) >= 11 is 0. The number of nitrogens with one attached hydrogen (secondary N) is 3. The van der Waals surface area contributed by atoms with Gasteiger partial charge in [0.05, 0.1) is 37.2 Å². The maximum absolute atomic E-state index is 12.7. The summed E-state index contributed by atoms with van der Waals surface area (Å²) in [6, 6.07) is 13.6. The molecule has 0 spiro atoms. The van der Waals surface area contributed by atoms with Crippen molar-refractivity contribution in [2.24, 2.45) is 0 Å². The standard InChI is InChI=1S/C29H31N7O2/c1-3-5-9-26-24(4-2)29(32-23-10-11-25-21(17-23)18-30-35-25)34-28(33-26)20-7-6-8-22(16-20)31-27(37)19-36-12-14-38-15-13-36/h4-11,16-18H,2-3,12-15,19H2,1H3,(H,30,35)(H,31,37)(H,32,33,34)/b9-5-. The number of ether oxygens (including phenoxy) is 1. The number of fused-ring (bicyclic) bond motifs is 1. The van der Waals surface area contributed by atoms with Gasteiger partial charge < -0.3 is 15.4 Å². The largest absolute Gasteiger partial charge is 0.379 e. The molecule has 4 aromatic rings. The second-order valence-electron chi connectivity index (χ2n) is 9.02. The highest BCUT2D eigenvalue weighted by atomic mass is 16.5. The van der Waals surface area contributed by atoms with Crippen LogP contribution in [0.5, 0.6) is 0 Å². The molecule has 2 aromatic carbocycles. The number of hydrogen-bond donors (Lipinski definition) is 3. The predicted molar refractivity (Wildman–Crippen MR) is 152 cm³/mol. The van der Waals surface area contributed by atoms with Gasteiger partial charge in [0.1, 0.15) is 5.82 Å². The summed E-state index contributed by atoms with van der Waals surface area (Å²) in [7, 11) is 0. The summed E-state index contributed by atoms with van der Waals surface area (Å²) in [6.07, 6.45) is 8.47. The topological polar surface area (TPSA) is 108 Å². The first kappa shape index (κ1) is 25.3. The van der Waals surface area contributed by atoms with Crippen molar-refractivity contribution in [2.75, 3.05) is 43.5 Å². The lowest BCUT2D eigenvalue weighted by Gasteiger charge is -2.25. The van der Waals surface area contributed by atoms with Gasteiger partial charge in [0.15, 0.2) is 5.82 Å². The number of aromatic nitrogens is 4. The molecule has 3 N–H and O–H groups in total. The number of nitrogens with zero attached hydrogens (tertiary/aromatic N) is 4. The van der Waals surface area contributed by atoms with Crippen LogP contribution in [-0.2, 0) is 9.53 Å². The molecule has 1 aliphatic heterocycles. The first-order valence-corrected chi connectivity index (χ1v) is 12.7. The Morgan fingerprint density at radius 1 is 1.16 bits per heavy atom. The Labute approximate surface area is 221 Å². The molecule has 1 saturated heterocycles. The fraction of sp³-hybridized carbons (Fsp3) is 0.241. The van der Waals surface area contributed by atoms with Crippen molar-refractivity contribution in [3.8, 4) is 11.4 Å². The van der Waals surface area contributed by atoms with Crippen LogP contribution < -0.4 is 10.6 Å². The SMILES string of the molecule is C=Cc1c(/C=C\CC)nc(-c2cccc(NC(=O)CN3CCOCC3)c2)nc1Nc1ccc2[nH]ncc2c1. The number of carbonyl (C=O) groups is 1. The minimum Gasteiger partial charge on any atom is -0.379 e. The number of aromatic amines is 1. The number of H-pyrrole nitrogens is 1. The highest BCUT2D eigenvalue weighted by molar-refractivity contribution is 5.93. The van der Waals surface area contributed by atoms with Gasteiger partial charge in [-0.1, -0.05) is 37.8 Å². The van der Waals surface area contributed by atoms with Crippen LogP contribution in [0.4, 0.5) is 17.2 Å². The summed E-state index contributed by atoms with van der Waals surface area (Å²) < 4.78 is 5.37. The Hall–Kier alpha value is -4.34. The molecule has 0 bridgehead atoms. The van der Waals surface area contributed by atoms with Crippen molar-refractivity contribution < 1.29 is 9.53 Å². The van der Waals surface area contributed by atoms with Crippen LogP contribution in [0, 0.1) is 0 Å². The molecule has 2 aromatic heterocycles. The van der Waals surface area contributed by atoms with E-state index in [1.54, 1.807) is 12.3 Å². The van der Waals surface area contributed by atoms with Gasteiger partial charge in [0.2, 0.25) is 5.91 Å². The zero-order valence-electron chi connectivity index (χ0n) is 21.4. The van der Waals surface area contributed by atoms with E-state index in [0.29, 0.717) is 37.1 Å². The zero-order chi connectivity index (χ0) is 26.3. The molecule has 9 nitrogen and oxygen atoms in total. The second-order valence-corrected chi connectivity index (χ2v) is 9.02.